The standard InChI is InChI=1S/C19H18O8/c1-23-10-6-5-9(7-11(10)24-2)18-17(22)16(21)14-12(27-18)8-13(25-3)15(20)19(14)26-4/h5-8,20,22H,1-4H3. The van der Waals surface area contributed by atoms with Crippen LogP contribution in [0.1, 0.15) is 0 Å². The Morgan fingerprint density at radius 3 is 2.07 bits per heavy atom. The average Bonchev–Trinajstić information content (AvgIpc) is 2.69. The van der Waals surface area contributed by atoms with Crippen LogP contribution in [0.15, 0.2) is 33.5 Å². The Kier molecular flexibility index (Phi) is 4.72. The zero-order chi connectivity index (χ0) is 19.7. The monoisotopic (exact) mass is 374 g/mol. The summed E-state index contributed by atoms with van der Waals surface area (Å²) in [6.45, 7) is 0. The number of hydrogen-bond donors (Lipinski definition) is 2. The predicted molar refractivity (Wildman–Crippen MR) is 97.5 cm³/mol. The molecule has 0 bridgehead atoms. The number of hydrogen-bond acceptors (Lipinski definition) is 8. The normalized spacial score (nSPS) is 10.7. The van der Waals surface area contributed by atoms with E-state index in [4.69, 9.17) is 23.4 Å². The minimum atomic E-state index is -0.754. The quantitative estimate of drug-likeness (QED) is 0.702. The van der Waals surface area contributed by atoms with E-state index < -0.39 is 11.2 Å². The number of benzene rings is 2. The second-order valence-corrected chi connectivity index (χ2v) is 5.51. The van der Waals surface area contributed by atoms with Gasteiger partial charge in [-0.3, -0.25) is 4.79 Å². The van der Waals surface area contributed by atoms with Crippen LogP contribution in [0.4, 0.5) is 0 Å². The average molecular weight is 374 g/mol. The van der Waals surface area contributed by atoms with Gasteiger partial charge in [-0.1, -0.05) is 0 Å². The summed E-state index contributed by atoms with van der Waals surface area (Å²) in [4.78, 5) is 12.7. The highest BCUT2D eigenvalue weighted by atomic mass is 16.5. The highest BCUT2D eigenvalue weighted by Crippen LogP contribution is 2.44. The molecule has 1 aromatic heterocycles. The molecular formula is C19H18O8. The molecule has 0 radical (unpaired) electrons. The maximum absolute atomic E-state index is 12.7. The fourth-order valence-electron chi connectivity index (χ4n) is 2.80. The van der Waals surface area contributed by atoms with Gasteiger partial charge in [-0.05, 0) is 18.2 Å². The zero-order valence-corrected chi connectivity index (χ0v) is 15.2. The molecule has 0 aliphatic carbocycles. The fraction of sp³-hybridized carbons (Fsp3) is 0.211. The number of rotatable bonds is 5. The molecule has 2 aromatic carbocycles. The summed E-state index contributed by atoms with van der Waals surface area (Å²) in [5.74, 6) is -0.257. The number of aromatic hydroxyl groups is 2. The highest BCUT2D eigenvalue weighted by molar-refractivity contribution is 5.91. The van der Waals surface area contributed by atoms with Gasteiger partial charge in [-0.25, -0.2) is 0 Å². The van der Waals surface area contributed by atoms with Gasteiger partial charge in [-0.15, -0.1) is 0 Å². The SMILES string of the molecule is COc1ccc(-c2oc3cc(OC)c(O)c(OC)c3c(=O)c2O)cc1OC. The third kappa shape index (κ3) is 2.84. The molecule has 0 saturated heterocycles. The molecule has 27 heavy (non-hydrogen) atoms. The molecule has 1 heterocycles. The van der Waals surface area contributed by atoms with Crippen molar-refractivity contribution in [1.82, 2.24) is 0 Å². The lowest BCUT2D eigenvalue weighted by Crippen LogP contribution is -2.05. The first kappa shape index (κ1) is 18.2. The number of phenolic OH excluding ortho intramolecular Hbond substituents is 1. The van der Waals surface area contributed by atoms with E-state index in [0.29, 0.717) is 17.1 Å². The van der Waals surface area contributed by atoms with E-state index in [0.717, 1.165) is 0 Å². The molecule has 8 heteroatoms. The molecule has 8 nitrogen and oxygen atoms in total. The van der Waals surface area contributed by atoms with Crippen molar-refractivity contribution in [2.75, 3.05) is 28.4 Å². The largest absolute Gasteiger partial charge is 0.502 e. The van der Waals surface area contributed by atoms with E-state index in [2.05, 4.69) is 0 Å². The Morgan fingerprint density at radius 2 is 1.48 bits per heavy atom. The predicted octanol–water partition coefficient (Wildman–Crippen LogP) is 2.91. The molecule has 0 amide bonds. The van der Waals surface area contributed by atoms with Crippen LogP contribution in [0.3, 0.4) is 0 Å². The summed E-state index contributed by atoms with van der Waals surface area (Å²) in [6.07, 6.45) is 0. The van der Waals surface area contributed by atoms with Crippen molar-refractivity contribution in [2.24, 2.45) is 0 Å². The molecule has 3 aromatic rings. The Hall–Kier alpha value is -3.55. The molecule has 0 fully saturated rings. The van der Waals surface area contributed by atoms with Gasteiger partial charge in [0.1, 0.15) is 11.0 Å². The summed E-state index contributed by atoms with van der Waals surface area (Å²) in [5.41, 5.74) is -0.278. The topological polar surface area (TPSA) is 108 Å². The minimum Gasteiger partial charge on any atom is -0.502 e. The van der Waals surface area contributed by atoms with Crippen LogP contribution in [0.5, 0.6) is 34.5 Å². The van der Waals surface area contributed by atoms with Crippen molar-refractivity contribution in [3.63, 3.8) is 0 Å². The molecule has 0 spiro atoms. The van der Waals surface area contributed by atoms with Crippen LogP contribution >= 0.6 is 0 Å². The summed E-state index contributed by atoms with van der Waals surface area (Å²) >= 11 is 0. The lowest BCUT2D eigenvalue weighted by Gasteiger charge is -2.13. The van der Waals surface area contributed by atoms with Gasteiger partial charge < -0.3 is 33.6 Å². The second kappa shape index (κ2) is 6.99. The Balaban J connectivity index is 2.35. The van der Waals surface area contributed by atoms with E-state index in [-0.39, 0.29) is 34.0 Å². The first-order valence-electron chi connectivity index (χ1n) is 7.82. The van der Waals surface area contributed by atoms with E-state index in [1.807, 2.05) is 0 Å². The number of methoxy groups -OCH3 is 4. The van der Waals surface area contributed by atoms with E-state index in [1.54, 1.807) is 18.2 Å². The van der Waals surface area contributed by atoms with Crippen molar-refractivity contribution in [1.29, 1.82) is 0 Å². The van der Waals surface area contributed by atoms with Crippen molar-refractivity contribution < 1.29 is 33.6 Å². The van der Waals surface area contributed by atoms with Crippen LogP contribution in [0.25, 0.3) is 22.3 Å². The number of fused-ring (bicyclic) bond motifs is 1. The molecule has 2 N–H and O–H groups in total. The Labute approximate surface area is 154 Å². The number of ether oxygens (including phenoxy) is 4. The molecule has 3 rings (SSSR count). The second-order valence-electron chi connectivity index (χ2n) is 5.51. The first-order chi connectivity index (χ1) is 13.0. The van der Waals surface area contributed by atoms with Gasteiger partial charge in [0.05, 0.1) is 28.4 Å². The summed E-state index contributed by atoms with van der Waals surface area (Å²) in [7, 11) is 5.60. The van der Waals surface area contributed by atoms with Gasteiger partial charge in [-0.2, -0.15) is 0 Å². The van der Waals surface area contributed by atoms with Gasteiger partial charge in [0, 0.05) is 11.6 Å². The lowest BCUT2D eigenvalue weighted by atomic mass is 10.1. The fourth-order valence-corrected chi connectivity index (χ4v) is 2.80. The van der Waals surface area contributed by atoms with Gasteiger partial charge in [0.15, 0.2) is 28.8 Å². The summed E-state index contributed by atoms with van der Waals surface area (Å²) < 4.78 is 26.4. The van der Waals surface area contributed by atoms with Gasteiger partial charge in [0.25, 0.3) is 0 Å². The van der Waals surface area contributed by atoms with Crippen LogP contribution in [-0.2, 0) is 0 Å². The molecule has 0 saturated carbocycles. The third-order valence-corrected chi connectivity index (χ3v) is 4.12. The van der Waals surface area contributed by atoms with Gasteiger partial charge >= 0.3 is 0 Å². The maximum Gasteiger partial charge on any atom is 0.238 e. The summed E-state index contributed by atoms with van der Waals surface area (Å²) in [6, 6.07) is 6.14. The van der Waals surface area contributed by atoms with Crippen molar-refractivity contribution >= 4 is 11.0 Å². The Morgan fingerprint density at radius 1 is 0.815 bits per heavy atom. The lowest BCUT2D eigenvalue weighted by molar-refractivity contribution is 0.341. The highest BCUT2D eigenvalue weighted by Gasteiger charge is 2.23. The van der Waals surface area contributed by atoms with Crippen molar-refractivity contribution in [2.45, 2.75) is 0 Å². The van der Waals surface area contributed by atoms with Crippen LogP contribution in [0, 0.1) is 0 Å². The molecule has 142 valence electrons. The van der Waals surface area contributed by atoms with E-state index in [9.17, 15) is 15.0 Å². The first-order valence-corrected chi connectivity index (χ1v) is 7.82. The molecule has 0 aliphatic heterocycles. The summed E-state index contributed by atoms with van der Waals surface area (Å²) in [5, 5.41) is 20.5. The van der Waals surface area contributed by atoms with Crippen LogP contribution in [0.2, 0.25) is 0 Å². The van der Waals surface area contributed by atoms with Crippen LogP contribution in [-0.4, -0.2) is 38.7 Å². The van der Waals surface area contributed by atoms with E-state index >= 15 is 0 Å². The number of phenols is 1. The van der Waals surface area contributed by atoms with Crippen molar-refractivity contribution in [3.05, 3.63) is 34.5 Å². The molecule has 0 aliphatic rings. The minimum absolute atomic E-state index is 0.0615. The smallest absolute Gasteiger partial charge is 0.238 e. The molecule has 0 atom stereocenters. The van der Waals surface area contributed by atoms with E-state index in [1.165, 1.54) is 34.5 Å². The van der Waals surface area contributed by atoms with Gasteiger partial charge in [0.2, 0.25) is 16.9 Å². The van der Waals surface area contributed by atoms with Crippen LogP contribution < -0.4 is 24.4 Å². The van der Waals surface area contributed by atoms with Crippen molar-refractivity contribution in [3.8, 4) is 45.8 Å². The Bertz CT molecular complexity index is 1070. The zero-order valence-electron chi connectivity index (χ0n) is 15.2. The third-order valence-electron chi connectivity index (χ3n) is 4.12. The maximum atomic E-state index is 12.7. The molecular weight excluding hydrogens is 356 g/mol. The molecule has 0 unspecified atom stereocenters.